The molecule has 1 unspecified atom stereocenters. The van der Waals surface area contributed by atoms with E-state index >= 15 is 0 Å². The maximum atomic E-state index is 10.7. The van der Waals surface area contributed by atoms with Gasteiger partial charge in [-0.1, -0.05) is 6.07 Å². The van der Waals surface area contributed by atoms with Crippen LogP contribution in [0.25, 0.3) is 0 Å². The molecule has 0 radical (unpaired) electrons. The fraction of sp³-hybridized carbons (Fsp3) is 0.500. The van der Waals surface area contributed by atoms with Crippen LogP contribution in [0.2, 0.25) is 0 Å². The zero-order chi connectivity index (χ0) is 13.0. The molecule has 1 saturated heterocycles. The van der Waals surface area contributed by atoms with E-state index in [1.807, 2.05) is 0 Å². The molecule has 6 nitrogen and oxygen atoms in total. The first-order valence-electron chi connectivity index (χ1n) is 5.89. The van der Waals surface area contributed by atoms with Crippen LogP contribution in [0.1, 0.15) is 18.4 Å². The van der Waals surface area contributed by atoms with Crippen LogP contribution in [0.15, 0.2) is 18.2 Å². The summed E-state index contributed by atoms with van der Waals surface area (Å²) in [6.45, 7) is 1.65. The fourth-order valence-corrected chi connectivity index (χ4v) is 1.92. The molecule has 18 heavy (non-hydrogen) atoms. The molecule has 6 heteroatoms. The van der Waals surface area contributed by atoms with E-state index in [4.69, 9.17) is 15.2 Å². The van der Waals surface area contributed by atoms with E-state index in [1.165, 1.54) is 12.1 Å². The zero-order valence-corrected chi connectivity index (χ0v) is 10.0. The van der Waals surface area contributed by atoms with Crippen LogP contribution in [0.3, 0.4) is 0 Å². The molecular formula is C12H16N2O4. The Balaban J connectivity index is 1.88. The summed E-state index contributed by atoms with van der Waals surface area (Å²) in [6, 6.07) is 4.71. The SMILES string of the molecule is Nc1ccc(COCC2CCCO2)cc1[N+](=O)[O-]. The van der Waals surface area contributed by atoms with Gasteiger partial charge in [0.05, 0.1) is 24.2 Å². The van der Waals surface area contributed by atoms with Crippen molar-refractivity contribution in [3.05, 3.63) is 33.9 Å². The number of hydrogen-bond acceptors (Lipinski definition) is 5. The van der Waals surface area contributed by atoms with E-state index in [0.29, 0.717) is 13.2 Å². The van der Waals surface area contributed by atoms with Crippen LogP contribution in [0, 0.1) is 10.1 Å². The first-order chi connectivity index (χ1) is 8.66. The molecular weight excluding hydrogens is 236 g/mol. The summed E-state index contributed by atoms with van der Waals surface area (Å²) in [5.74, 6) is 0. The monoisotopic (exact) mass is 252 g/mol. The van der Waals surface area contributed by atoms with Crippen LogP contribution in [0.5, 0.6) is 0 Å². The Morgan fingerprint density at radius 2 is 2.39 bits per heavy atom. The Labute approximate surface area is 105 Å². The minimum atomic E-state index is -0.487. The summed E-state index contributed by atoms with van der Waals surface area (Å²) in [7, 11) is 0. The highest BCUT2D eigenvalue weighted by atomic mass is 16.6. The zero-order valence-electron chi connectivity index (χ0n) is 10.0. The molecule has 0 aliphatic carbocycles. The van der Waals surface area contributed by atoms with Crippen LogP contribution in [-0.4, -0.2) is 24.2 Å². The average Bonchev–Trinajstić information content (AvgIpc) is 2.84. The van der Waals surface area contributed by atoms with Crippen LogP contribution >= 0.6 is 0 Å². The standard InChI is InChI=1S/C12H16N2O4/c13-11-4-3-9(6-12(11)14(15)16)7-17-8-10-2-1-5-18-10/h3-4,6,10H,1-2,5,7-8,13H2. The quantitative estimate of drug-likeness (QED) is 0.491. The largest absolute Gasteiger partial charge is 0.393 e. The molecule has 98 valence electrons. The third-order valence-corrected chi connectivity index (χ3v) is 2.89. The Kier molecular flexibility index (Phi) is 4.11. The van der Waals surface area contributed by atoms with Gasteiger partial charge in [-0.15, -0.1) is 0 Å². The number of nitrogens with zero attached hydrogens (tertiary/aromatic N) is 1. The van der Waals surface area contributed by atoms with Gasteiger partial charge in [-0.3, -0.25) is 10.1 Å². The number of anilines is 1. The first-order valence-corrected chi connectivity index (χ1v) is 5.89. The van der Waals surface area contributed by atoms with E-state index in [1.54, 1.807) is 6.07 Å². The fourth-order valence-electron chi connectivity index (χ4n) is 1.92. The van der Waals surface area contributed by atoms with Crippen molar-refractivity contribution in [2.45, 2.75) is 25.6 Å². The third-order valence-electron chi connectivity index (χ3n) is 2.89. The summed E-state index contributed by atoms with van der Waals surface area (Å²) in [6.07, 6.45) is 2.25. The van der Waals surface area contributed by atoms with Crippen molar-refractivity contribution in [2.24, 2.45) is 0 Å². The number of nitrogen functional groups attached to an aromatic ring is 1. The van der Waals surface area contributed by atoms with E-state index in [9.17, 15) is 10.1 Å². The number of benzene rings is 1. The molecule has 2 N–H and O–H groups in total. The van der Waals surface area contributed by atoms with Crippen molar-refractivity contribution < 1.29 is 14.4 Å². The molecule has 1 aromatic rings. The van der Waals surface area contributed by atoms with E-state index in [-0.39, 0.29) is 17.5 Å². The summed E-state index contributed by atoms with van der Waals surface area (Å²) in [4.78, 5) is 10.2. The van der Waals surface area contributed by atoms with Crippen LogP contribution < -0.4 is 5.73 Å². The second-order valence-corrected chi connectivity index (χ2v) is 4.30. The Morgan fingerprint density at radius 1 is 1.56 bits per heavy atom. The number of rotatable bonds is 5. The first kappa shape index (κ1) is 12.8. The lowest BCUT2D eigenvalue weighted by molar-refractivity contribution is -0.384. The van der Waals surface area contributed by atoms with Crippen LogP contribution in [0.4, 0.5) is 11.4 Å². The highest BCUT2D eigenvalue weighted by Gasteiger charge is 2.16. The molecule has 0 bridgehead atoms. The lowest BCUT2D eigenvalue weighted by atomic mass is 10.2. The Morgan fingerprint density at radius 3 is 3.06 bits per heavy atom. The molecule has 2 rings (SSSR count). The molecule has 0 spiro atoms. The Bertz CT molecular complexity index is 430. The van der Waals surface area contributed by atoms with Gasteiger partial charge < -0.3 is 15.2 Å². The van der Waals surface area contributed by atoms with E-state index in [2.05, 4.69) is 0 Å². The molecule has 0 amide bonds. The maximum Gasteiger partial charge on any atom is 0.292 e. The summed E-state index contributed by atoms with van der Waals surface area (Å²) < 4.78 is 10.9. The highest BCUT2D eigenvalue weighted by molar-refractivity contribution is 5.59. The highest BCUT2D eigenvalue weighted by Crippen LogP contribution is 2.22. The lowest BCUT2D eigenvalue weighted by Crippen LogP contribution is -2.13. The van der Waals surface area contributed by atoms with Gasteiger partial charge in [-0.25, -0.2) is 0 Å². The van der Waals surface area contributed by atoms with Crippen molar-refractivity contribution in [3.8, 4) is 0 Å². The molecule has 1 aromatic carbocycles. The molecule has 1 heterocycles. The number of nitro groups is 1. The summed E-state index contributed by atoms with van der Waals surface area (Å²) >= 11 is 0. The smallest absolute Gasteiger partial charge is 0.292 e. The Hall–Kier alpha value is -1.66. The molecule has 0 saturated carbocycles. The predicted molar refractivity (Wildman–Crippen MR) is 66.1 cm³/mol. The third kappa shape index (κ3) is 3.18. The molecule has 1 atom stereocenters. The molecule has 0 aromatic heterocycles. The summed E-state index contributed by atoms with van der Waals surface area (Å²) in [5.41, 5.74) is 6.35. The summed E-state index contributed by atoms with van der Waals surface area (Å²) in [5, 5.41) is 10.7. The minimum absolute atomic E-state index is 0.0757. The minimum Gasteiger partial charge on any atom is -0.393 e. The lowest BCUT2D eigenvalue weighted by Gasteiger charge is -2.10. The van der Waals surface area contributed by atoms with Crippen molar-refractivity contribution in [1.82, 2.24) is 0 Å². The number of nitro benzene ring substituents is 1. The second-order valence-electron chi connectivity index (χ2n) is 4.30. The van der Waals surface area contributed by atoms with Crippen molar-refractivity contribution in [2.75, 3.05) is 18.9 Å². The van der Waals surface area contributed by atoms with Gasteiger partial charge in [0, 0.05) is 12.7 Å². The molecule has 1 aliphatic rings. The van der Waals surface area contributed by atoms with Crippen molar-refractivity contribution in [3.63, 3.8) is 0 Å². The van der Waals surface area contributed by atoms with Gasteiger partial charge >= 0.3 is 0 Å². The molecule has 1 aliphatic heterocycles. The second kappa shape index (κ2) is 5.79. The molecule has 1 fully saturated rings. The van der Waals surface area contributed by atoms with Crippen LogP contribution in [-0.2, 0) is 16.1 Å². The van der Waals surface area contributed by atoms with E-state index < -0.39 is 4.92 Å². The number of hydrogen-bond donors (Lipinski definition) is 1. The van der Waals surface area contributed by atoms with Gasteiger partial charge in [0.2, 0.25) is 0 Å². The normalized spacial score (nSPS) is 19.0. The average molecular weight is 252 g/mol. The van der Waals surface area contributed by atoms with Crippen molar-refractivity contribution in [1.29, 1.82) is 0 Å². The maximum absolute atomic E-state index is 10.7. The van der Waals surface area contributed by atoms with Gasteiger partial charge in [0.15, 0.2) is 0 Å². The number of nitrogens with two attached hydrogens (primary N) is 1. The van der Waals surface area contributed by atoms with Gasteiger partial charge in [-0.2, -0.15) is 0 Å². The van der Waals surface area contributed by atoms with E-state index in [0.717, 1.165) is 25.0 Å². The number of ether oxygens (including phenoxy) is 2. The topological polar surface area (TPSA) is 87.6 Å². The van der Waals surface area contributed by atoms with Gasteiger partial charge in [0.1, 0.15) is 5.69 Å². The van der Waals surface area contributed by atoms with Gasteiger partial charge in [0.25, 0.3) is 5.69 Å². The predicted octanol–water partition coefficient (Wildman–Crippen LogP) is 1.87. The van der Waals surface area contributed by atoms with Gasteiger partial charge in [-0.05, 0) is 24.5 Å². The van der Waals surface area contributed by atoms with Crippen molar-refractivity contribution >= 4 is 11.4 Å².